The standard InChI is InChI=1S/C9H5N3O.2C2H6/c1-2-6-8(11-3-1)9-7(13-6)4-10-5-12-9;2*1-2/h1-5H;2*1-2H3. The number of hydrogen-bond acceptors (Lipinski definition) is 4. The van der Waals surface area contributed by atoms with Crippen molar-refractivity contribution in [2.45, 2.75) is 27.7 Å². The molecule has 4 nitrogen and oxygen atoms in total. The summed E-state index contributed by atoms with van der Waals surface area (Å²) in [6.07, 6.45) is 4.86. The number of aromatic nitrogens is 3. The van der Waals surface area contributed by atoms with Crippen LogP contribution in [0.15, 0.2) is 35.3 Å². The van der Waals surface area contributed by atoms with E-state index < -0.39 is 0 Å². The van der Waals surface area contributed by atoms with E-state index in [1.165, 1.54) is 6.33 Å². The van der Waals surface area contributed by atoms with Crippen LogP contribution in [-0.4, -0.2) is 15.0 Å². The van der Waals surface area contributed by atoms with Gasteiger partial charge in [0.25, 0.3) is 0 Å². The van der Waals surface area contributed by atoms with Crippen molar-refractivity contribution in [1.82, 2.24) is 15.0 Å². The zero-order valence-corrected chi connectivity index (χ0v) is 10.6. The quantitative estimate of drug-likeness (QED) is 0.590. The van der Waals surface area contributed by atoms with Gasteiger partial charge >= 0.3 is 0 Å². The molecule has 90 valence electrons. The molecule has 0 N–H and O–H groups in total. The average Bonchev–Trinajstić information content (AvgIpc) is 2.82. The molecule has 0 radical (unpaired) electrons. The van der Waals surface area contributed by atoms with E-state index in [2.05, 4.69) is 15.0 Å². The molecule has 0 bridgehead atoms. The molecule has 3 rings (SSSR count). The monoisotopic (exact) mass is 231 g/mol. The summed E-state index contributed by atoms with van der Waals surface area (Å²) in [6.45, 7) is 8.00. The second-order valence-corrected chi connectivity index (χ2v) is 2.69. The molecule has 0 aliphatic carbocycles. The number of nitrogens with zero attached hydrogens (tertiary/aromatic N) is 3. The first-order valence-electron chi connectivity index (χ1n) is 5.88. The predicted octanol–water partition coefficient (Wildman–Crippen LogP) is 3.82. The van der Waals surface area contributed by atoms with Crippen molar-refractivity contribution in [1.29, 1.82) is 0 Å². The average molecular weight is 231 g/mol. The van der Waals surface area contributed by atoms with E-state index >= 15 is 0 Å². The van der Waals surface area contributed by atoms with Crippen LogP contribution in [0.1, 0.15) is 27.7 Å². The Hall–Kier alpha value is -1.97. The molecule has 0 saturated carbocycles. The molecule has 0 aliphatic rings. The number of pyridine rings is 1. The van der Waals surface area contributed by atoms with Gasteiger partial charge < -0.3 is 4.42 Å². The highest BCUT2D eigenvalue weighted by Gasteiger charge is 2.06. The molecule has 0 spiro atoms. The Kier molecular flexibility index (Phi) is 5.07. The summed E-state index contributed by atoms with van der Waals surface area (Å²) in [4.78, 5) is 12.2. The normalized spacial score (nSPS) is 9.18. The Labute approximate surface area is 101 Å². The van der Waals surface area contributed by atoms with Gasteiger partial charge in [0.05, 0.1) is 6.20 Å². The third kappa shape index (κ3) is 2.58. The van der Waals surface area contributed by atoms with Crippen LogP contribution in [0.4, 0.5) is 0 Å². The maximum atomic E-state index is 5.46. The van der Waals surface area contributed by atoms with E-state index in [0.717, 1.165) is 16.6 Å². The van der Waals surface area contributed by atoms with Crippen molar-refractivity contribution in [3.05, 3.63) is 30.9 Å². The smallest absolute Gasteiger partial charge is 0.173 e. The molecule has 0 aliphatic heterocycles. The lowest BCUT2D eigenvalue weighted by Crippen LogP contribution is -1.77. The summed E-state index contributed by atoms with van der Waals surface area (Å²) >= 11 is 0. The summed E-state index contributed by atoms with van der Waals surface area (Å²) in [5.74, 6) is 0. The second kappa shape index (κ2) is 6.58. The van der Waals surface area contributed by atoms with Gasteiger partial charge in [0.1, 0.15) is 17.4 Å². The van der Waals surface area contributed by atoms with E-state index in [-0.39, 0.29) is 0 Å². The molecule has 17 heavy (non-hydrogen) atoms. The number of fused-ring (bicyclic) bond motifs is 3. The van der Waals surface area contributed by atoms with Gasteiger partial charge in [0, 0.05) is 6.20 Å². The Morgan fingerprint density at radius 2 is 1.65 bits per heavy atom. The molecule has 0 unspecified atom stereocenters. The van der Waals surface area contributed by atoms with Crippen molar-refractivity contribution in [2.75, 3.05) is 0 Å². The largest absolute Gasteiger partial charge is 0.451 e. The fourth-order valence-corrected chi connectivity index (χ4v) is 1.34. The molecule has 0 aromatic carbocycles. The lowest BCUT2D eigenvalue weighted by molar-refractivity contribution is 0.665. The van der Waals surface area contributed by atoms with Crippen LogP contribution in [-0.2, 0) is 0 Å². The molecule has 4 heteroatoms. The van der Waals surface area contributed by atoms with Crippen molar-refractivity contribution in [3.63, 3.8) is 0 Å². The fraction of sp³-hybridized carbons (Fsp3) is 0.308. The van der Waals surface area contributed by atoms with Gasteiger partial charge in [0.15, 0.2) is 11.2 Å². The Morgan fingerprint density at radius 3 is 2.41 bits per heavy atom. The van der Waals surface area contributed by atoms with Crippen molar-refractivity contribution in [2.24, 2.45) is 0 Å². The Balaban J connectivity index is 0.000000330. The van der Waals surface area contributed by atoms with Crippen LogP contribution < -0.4 is 0 Å². The van der Waals surface area contributed by atoms with Crippen LogP contribution in [0.25, 0.3) is 22.2 Å². The SMILES string of the molecule is CC.CC.c1cnc2c(c1)oc1cncnc12. The van der Waals surface area contributed by atoms with Crippen LogP contribution in [0.3, 0.4) is 0 Å². The molecule has 3 heterocycles. The summed E-state index contributed by atoms with van der Waals surface area (Å²) < 4.78 is 5.46. The van der Waals surface area contributed by atoms with Crippen LogP contribution >= 0.6 is 0 Å². The molecule has 0 fully saturated rings. The second-order valence-electron chi connectivity index (χ2n) is 2.69. The van der Waals surface area contributed by atoms with Gasteiger partial charge in [-0.15, -0.1) is 0 Å². The topological polar surface area (TPSA) is 51.8 Å². The first kappa shape index (κ1) is 13.1. The molecular formula is C13H17N3O. The summed E-state index contributed by atoms with van der Waals surface area (Å²) in [6, 6.07) is 3.70. The lowest BCUT2D eigenvalue weighted by atomic mass is 10.3. The first-order chi connectivity index (χ1) is 8.45. The van der Waals surface area contributed by atoms with Crippen LogP contribution in [0, 0.1) is 0 Å². The summed E-state index contributed by atoms with van der Waals surface area (Å²) in [7, 11) is 0. The molecule has 0 atom stereocenters. The number of furan rings is 1. The molecule has 3 aromatic heterocycles. The maximum absolute atomic E-state index is 5.46. The van der Waals surface area contributed by atoms with Gasteiger partial charge in [-0.05, 0) is 12.1 Å². The minimum absolute atomic E-state index is 0.677. The van der Waals surface area contributed by atoms with E-state index in [9.17, 15) is 0 Å². The highest BCUT2D eigenvalue weighted by Crippen LogP contribution is 2.23. The van der Waals surface area contributed by atoms with Crippen molar-refractivity contribution < 1.29 is 4.42 Å². The van der Waals surface area contributed by atoms with E-state index in [0.29, 0.717) is 5.58 Å². The first-order valence-corrected chi connectivity index (χ1v) is 5.88. The zero-order chi connectivity index (χ0) is 12.7. The Morgan fingerprint density at radius 1 is 0.941 bits per heavy atom. The van der Waals surface area contributed by atoms with Gasteiger partial charge in [-0.2, -0.15) is 0 Å². The summed E-state index contributed by atoms with van der Waals surface area (Å²) in [5.41, 5.74) is 2.99. The highest BCUT2D eigenvalue weighted by atomic mass is 16.3. The van der Waals surface area contributed by atoms with Gasteiger partial charge in [-0.25, -0.2) is 9.97 Å². The third-order valence-corrected chi connectivity index (χ3v) is 1.89. The molecule has 3 aromatic rings. The van der Waals surface area contributed by atoms with Crippen LogP contribution in [0.5, 0.6) is 0 Å². The minimum Gasteiger partial charge on any atom is -0.451 e. The molecule has 0 amide bonds. The van der Waals surface area contributed by atoms with E-state index in [1.54, 1.807) is 12.4 Å². The molecule has 0 saturated heterocycles. The summed E-state index contributed by atoms with van der Waals surface area (Å²) in [5, 5.41) is 0. The van der Waals surface area contributed by atoms with Crippen molar-refractivity contribution in [3.8, 4) is 0 Å². The fourth-order valence-electron chi connectivity index (χ4n) is 1.34. The van der Waals surface area contributed by atoms with Crippen LogP contribution in [0.2, 0.25) is 0 Å². The van der Waals surface area contributed by atoms with Crippen molar-refractivity contribution >= 4 is 22.2 Å². The third-order valence-electron chi connectivity index (χ3n) is 1.89. The maximum Gasteiger partial charge on any atom is 0.173 e. The van der Waals surface area contributed by atoms with Gasteiger partial charge in [-0.3, -0.25) is 4.98 Å². The highest BCUT2D eigenvalue weighted by molar-refractivity contribution is 5.98. The minimum atomic E-state index is 0.677. The van der Waals surface area contributed by atoms with Gasteiger partial charge in [-0.1, -0.05) is 27.7 Å². The number of hydrogen-bond donors (Lipinski definition) is 0. The van der Waals surface area contributed by atoms with Gasteiger partial charge in [0.2, 0.25) is 0 Å². The zero-order valence-electron chi connectivity index (χ0n) is 10.6. The Bertz CT molecular complexity index is 524. The molecular weight excluding hydrogens is 214 g/mol. The lowest BCUT2D eigenvalue weighted by Gasteiger charge is -1.83. The predicted molar refractivity (Wildman–Crippen MR) is 69.8 cm³/mol. The van der Waals surface area contributed by atoms with E-state index in [1.807, 2.05) is 39.8 Å². The van der Waals surface area contributed by atoms with E-state index in [4.69, 9.17) is 4.42 Å². The number of rotatable bonds is 0.